The van der Waals surface area contributed by atoms with Crippen LogP contribution in [-0.4, -0.2) is 40.7 Å². The molecule has 0 amide bonds. The molecule has 0 saturated heterocycles. The van der Waals surface area contributed by atoms with E-state index in [1.54, 1.807) is 13.7 Å². The Labute approximate surface area is 156 Å². The minimum Gasteiger partial charge on any atom is -0.146 e. The summed E-state index contributed by atoms with van der Waals surface area (Å²) in [6.45, 7) is 11.6. The smallest absolute Gasteiger partial charge is 0.146 e. The molecule has 2 heteroatoms. The Morgan fingerprint density at radius 1 is 0.571 bits per heavy atom. The van der Waals surface area contributed by atoms with Crippen LogP contribution < -0.4 is 0 Å². The normalized spacial score (nSPS) is 9.81. The fourth-order valence-corrected chi connectivity index (χ4v) is 5.91. The molecule has 0 saturated carbocycles. The van der Waals surface area contributed by atoms with Crippen LogP contribution in [0.3, 0.4) is 0 Å². The van der Waals surface area contributed by atoms with E-state index in [0.29, 0.717) is 40.7 Å². The Bertz CT molecular complexity index is 148. The van der Waals surface area contributed by atoms with E-state index in [0.717, 1.165) is 4.05 Å². The summed E-state index contributed by atoms with van der Waals surface area (Å²) in [5.41, 5.74) is 0. The summed E-state index contributed by atoms with van der Waals surface area (Å²) >= 11 is 0.690. The molecule has 0 rings (SSSR count). The summed E-state index contributed by atoms with van der Waals surface area (Å²) in [7, 11) is 0. The van der Waals surface area contributed by atoms with Gasteiger partial charge in [-0.1, -0.05) is 98.8 Å². The van der Waals surface area contributed by atoms with Crippen LogP contribution in [0, 0.1) is 0 Å². The van der Waals surface area contributed by atoms with Crippen molar-refractivity contribution in [1.82, 2.24) is 0 Å². The van der Waals surface area contributed by atoms with Crippen LogP contribution in [0.25, 0.3) is 0 Å². The second-order valence-corrected chi connectivity index (χ2v) is 12.1. The summed E-state index contributed by atoms with van der Waals surface area (Å²) in [4.78, 5) is 0. The zero-order valence-electron chi connectivity index (χ0n) is 16.2. The van der Waals surface area contributed by atoms with Gasteiger partial charge in [0.05, 0.1) is 0 Å². The highest BCUT2D eigenvalue weighted by Crippen LogP contribution is 2.07. The van der Waals surface area contributed by atoms with Crippen LogP contribution >= 0.6 is 0 Å². The Morgan fingerprint density at radius 2 is 1.05 bits per heavy atom. The highest BCUT2D eigenvalue weighted by Gasteiger charge is 1.97. The topological polar surface area (TPSA) is 0 Å². The molecule has 0 bridgehead atoms. The number of hydrogen-bond donors (Lipinski definition) is 0. The van der Waals surface area contributed by atoms with E-state index in [4.69, 9.17) is 0 Å². The van der Waals surface area contributed by atoms with Gasteiger partial charge in [-0.05, 0) is 0 Å². The van der Waals surface area contributed by atoms with E-state index in [9.17, 15) is 0 Å². The molecule has 0 heterocycles. The molecule has 0 aliphatic rings. The number of hydrogen-bond acceptors (Lipinski definition) is 0. The van der Waals surface area contributed by atoms with Crippen LogP contribution in [0.5, 0.6) is 0 Å². The summed E-state index contributed by atoms with van der Waals surface area (Å²) in [6.07, 6.45) is 14.6. The monoisotopic (exact) mass is 318 g/mol. The summed E-state index contributed by atoms with van der Waals surface area (Å²) < 4.78 is 5.84. The molecule has 0 atom stereocenters. The Hall–Kier alpha value is 1.53. The van der Waals surface area contributed by atoms with Gasteiger partial charge in [-0.25, -0.2) is 0 Å². The van der Waals surface area contributed by atoms with Gasteiger partial charge in [0.2, 0.25) is 0 Å². The van der Waals surface area contributed by atoms with Crippen molar-refractivity contribution in [2.45, 2.75) is 117 Å². The predicted octanol–water partition coefficient (Wildman–Crippen LogP) is 7.43. The maximum atomic E-state index is 2.35. The zero-order chi connectivity index (χ0) is 16.2. The molecular formula is C19H42Mg2. The van der Waals surface area contributed by atoms with E-state index in [1.165, 1.54) is 64.2 Å². The van der Waals surface area contributed by atoms with Crippen LogP contribution in [-0.2, 0) is 0 Å². The quantitative estimate of drug-likeness (QED) is 0.231. The molecule has 0 nitrogen and oxygen atoms in total. The van der Waals surface area contributed by atoms with Crippen LogP contribution in [0.4, 0.5) is 0 Å². The van der Waals surface area contributed by atoms with Crippen LogP contribution in [0.1, 0.15) is 98.8 Å². The lowest BCUT2D eigenvalue weighted by Gasteiger charge is -1.99. The standard InChI is InChI=1S/2C6H13.C4H9.C3H7.2Mg/c2*1-3-5-6-4-2;1-3-4-2;1-3-2;;/h2*1,3-6H2,2H3;1,3-4H2,2H3;3H,1-2H3;;. The highest BCUT2D eigenvalue weighted by molar-refractivity contribution is 6.37. The second-order valence-electron chi connectivity index (χ2n) is 7.07. The van der Waals surface area contributed by atoms with Crippen molar-refractivity contribution in [3.8, 4) is 0 Å². The number of unbranched alkanes of at least 4 members (excludes halogenated alkanes) is 7. The van der Waals surface area contributed by atoms with Crippen molar-refractivity contribution < 1.29 is 0 Å². The fraction of sp³-hybridized carbons (Fsp3) is 1.00. The van der Waals surface area contributed by atoms with E-state index >= 15 is 0 Å². The lowest BCUT2D eigenvalue weighted by molar-refractivity contribution is 0.689. The molecule has 21 heavy (non-hydrogen) atoms. The van der Waals surface area contributed by atoms with E-state index in [1.807, 2.05) is 0 Å². The first-order valence-corrected chi connectivity index (χ1v) is 14.0. The summed E-state index contributed by atoms with van der Waals surface area (Å²) in [5, 5.41) is 0. The van der Waals surface area contributed by atoms with E-state index in [-0.39, 0.29) is 0 Å². The Morgan fingerprint density at radius 3 is 1.43 bits per heavy atom. The van der Waals surface area contributed by atoms with Gasteiger partial charge in [-0.2, -0.15) is 0 Å². The van der Waals surface area contributed by atoms with Crippen molar-refractivity contribution in [2.24, 2.45) is 0 Å². The summed E-state index contributed by atoms with van der Waals surface area (Å²) in [5.74, 6) is 0. The maximum Gasteiger partial charge on any atom is 0.367 e. The Kier molecular flexibility index (Phi) is 28.1. The van der Waals surface area contributed by atoms with E-state index in [2.05, 4.69) is 34.6 Å². The summed E-state index contributed by atoms with van der Waals surface area (Å²) in [6, 6.07) is 0. The lowest BCUT2D eigenvalue weighted by atomic mass is 10.2. The molecule has 0 radical (unpaired) electrons. The SMILES string of the molecule is CCCCC[CH2][Mg][CH2]CCCCC.CCC[CH2][Mg][CH](C)C. The third-order valence-corrected chi connectivity index (χ3v) is 8.16. The van der Waals surface area contributed by atoms with Gasteiger partial charge in [-0.15, -0.1) is 17.7 Å². The third-order valence-electron chi connectivity index (χ3n) is 4.09. The highest BCUT2D eigenvalue weighted by atomic mass is 24.5. The van der Waals surface area contributed by atoms with Gasteiger partial charge in [0, 0.05) is 0 Å². The average molecular weight is 319 g/mol. The van der Waals surface area contributed by atoms with Crippen molar-refractivity contribution in [3.05, 3.63) is 0 Å². The molecule has 0 unspecified atom stereocenters. The fourth-order valence-electron chi connectivity index (χ4n) is 2.54. The van der Waals surface area contributed by atoms with Crippen LogP contribution in [0.2, 0.25) is 17.7 Å². The van der Waals surface area contributed by atoms with E-state index < -0.39 is 0 Å². The largest absolute Gasteiger partial charge is 0.367 e. The van der Waals surface area contributed by atoms with Gasteiger partial charge in [0.25, 0.3) is 0 Å². The molecule has 0 spiro atoms. The average Bonchev–Trinajstić information content (AvgIpc) is 2.46. The molecular weight excluding hydrogens is 277 g/mol. The molecule has 0 N–H and O–H groups in total. The number of rotatable bonds is 14. The molecule has 0 aliphatic heterocycles. The zero-order valence-corrected chi connectivity index (χ0v) is 19.0. The molecule has 0 aromatic heterocycles. The maximum absolute atomic E-state index is 2.35. The van der Waals surface area contributed by atoms with Crippen molar-refractivity contribution >= 4 is 40.7 Å². The van der Waals surface area contributed by atoms with Gasteiger partial charge < -0.3 is 0 Å². The molecule has 0 fully saturated rings. The second kappa shape index (κ2) is 23.8. The molecule has 122 valence electrons. The minimum atomic E-state index is 0.335. The van der Waals surface area contributed by atoms with Crippen LogP contribution in [0.15, 0.2) is 0 Å². The van der Waals surface area contributed by atoms with Crippen molar-refractivity contribution in [1.29, 1.82) is 0 Å². The van der Waals surface area contributed by atoms with Gasteiger partial charge in [0.1, 0.15) is 0 Å². The van der Waals surface area contributed by atoms with Crippen molar-refractivity contribution in [3.63, 3.8) is 0 Å². The predicted molar refractivity (Wildman–Crippen MR) is 104 cm³/mol. The molecule has 0 aromatic rings. The first kappa shape index (κ1) is 24.8. The third kappa shape index (κ3) is 30.1. The molecule has 0 aromatic carbocycles. The Balaban J connectivity index is 0. The first-order chi connectivity index (χ1) is 10.2. The van der Waals surface area contributed by atoms with Gasteiger partial charge in [-0.3, -0.25) is 0 Å². The van der Waals surface area contributed by atoms with Gasteiger partial charge >= 0.3 is 40.7 Å². The van der Waals surface area contributed by atoms with Gasteiger partial charge in [0.15, 0.2) is 0 Å². The first-order valence-electron chi connectivity index (χ1n) is 10.2. The minimum absolute atomic E-state index is 0.335. The van der Waals surface area contributed by atoms with Crippen molar-refractivity contribution in [2.75, 3.05) is 0 Å². The lowest BCUT2D eigenvalue weighted by Crippen LogP contribution is -1.92. The molecule has 0 aliphatic carbocycles.